The number of rotatable bonds is 3. The van der Waals surface area contributed by atoms with Gasteiger partial charge in [-0.2, -0.15) is 5.26 Å². The molecule has 11 heavy (non-hydrogen) atoms. The van der Waals surface area contributed by atoms with Crippen molar-refractivity contribution >= 4 is 5.78 Å². The molecule has 1 aromatic heterocycles. The molecule has 0 fully saturated rings. The summed E-state index contributed by atoms with van der Waals surface area (Å²) in [5, 5.41) is 8.18. The van der Waals surface area contributed by atoms with Crippen LogP contribution in [0.15, 0.2) is 22.8 Å². The number of nitrogens with zero attached hydrogens (tertiary/aromatic N) is 1. The summed E-state index contributed by atoms with van der Waals surface area (Å²) in [6.07, 6.45) is 1.93. The van der Waals surface area contributed by atoms with E-state index < -0.39 is 0 Å². The van der Waals surface area contributed by atoms with Gasteiger partial charge in [0.1, 0.15) is 0 Å². The summed E-state index contributed by atoms with van der Waals surface area (Å²) in [7, 11) is 0. The first-order chi connectivity index (χ1) is 5.34. The molecule has 0 spiro atoms. The topological polar surface area (TPSA) is 54.0 Å². The van der Waals surface area contributed by atoms with Gasteiger partial charge in [-0.3, -0.25) is 4.79 Å². The van der Waals surface area contributed by atoms with E-state index >= 15 is 0 Å². The smallest absolute Gasteiger partial charge is 0.199 e. The van der Waals surface area contributed by atoms with Gasteiger partial charge in [-0.15, -0.1) is 0 Å². The molecule has 1 heterocycles. The van der Waals surface area contributed by atoms with E-state index in [4.69, 9.17) is 9.68 Å². The van der Waals surface area contributed by atoms with Gasteiger partial charge < -0.3 is 4.42 Å². The Morgan fingerprint density at radius 3 is 3.09 bits per heavy atom. The maximum absolute atomic E-state index is 11.0. The Balaban J connectivity index is 2.51. The highest BCUT2D eigenvalue weighted by molar-refractivity contribution is 5.93. The number of hydrogen-bond donors (Lipinski definition) is 0. The predicted octanol–water partition coefficient (Wildman–Crippen LogP) is 1.77. The largest absolute Gasteiger partial charge is 0.461 e. The van der Waals surface area contributed by atoms with Gasteiger partial charge in [0.05, 0.1) is 12.3 Å². The summed E-state index contributed by atoms with van der Waals surface area (Å²) in [5.74, 6) is 0.219. The van der Waals surface area contributed by atoms with Crippen molar-refractivity contribution in [3.63, 3.8) is 0 Å². The average Bonchev–Trinajstić information content (AvgIpc) is 2.52. The van der Waals surface area contributed by atoms with Crippen molar-refractivity contribution in [3.8, 4) is 6.07 Å². The van der Waals surface area contributed by atoms with Crippen LogP contribution in [0.4, 0.5) is 0 Å². The summed E-state index contributed by atoms with van der Waals surface area (Å²) in [6, 6.07) is 5.15. The van der Waals surface area contributed by atoms with Crippen LogP contribution in [-0.4, -0.2) is 5.78 Å². The lowest BCUT2D eigenvalue weighted by molar-refractivity contribution is 0.0957. The van der Waals surface area contributed by atoms with Gasteiger partial charge in [0.2, 0.25) is 0 Å². The lowest BCUT2D eigenvalue weighted by Gasteiger charge is -1.89. The molecule has 56 valence electrons. The molecule has 0 unspecified atom stereocenters. The third-order valence-corrected chi connectivity index (χ3v) is 1.26. The number of hydrogen-bond acceptors (Lipinski definition) is 3. The molecule has 0 amide bonds. The molecule has 0 saturated heterocycles. The van der Waals surface area contributed by atoms with E-state index in [1.54, 1.807) is 12.1 Å². The van der Waals surface area contributed by atoms with Crippen LogP contribution in [0, 0.1) is 11.3 Å². The first-order valence-electron chi connectivity index (χ1n) is 3.28. The quantitative estimate of drug-likeness (QED) is 0.615. The zero-order valence-electron chi connectivity index (χ0n) is 5.91. The average molecular weight is 149 g/mol. The van der Waals surface area contributed by atoms with Crippen molar-refractivity contribution in [2.75, 3.05) is 0 Å². The molecule has 3 nitrogen and oxygen atoms in total. The Bertz CT molecular complexity index is 269. The highest BCUT2D eigenvalue weighted by Gasteiger charge is 2.06. The van der Waals surface area contributed by atoms with Crippen LogP contribution in [0.3, 0.4) is 0 Å². The van der Waals surface area contributed by atoms with Crippen molar-refractivity contribution in [3.05, 3.63) is 24.2 Å². The van der Waals surface area contributed by atoms with Crippen molar-refractivity contribution in [1.82, 2.24) is 0 Å². The second-order valence-electron chi connectivity index (χ2n) is 2.06. The lowest BCUT2D eigenvalue weighted by Crippen LogP contribution is -1.95. The lowest BCUT2D eigenvalue weighted by atomic mass is 10.2. The van der Waals surface area contributed by atoms with E-state index in [1.807, 2.05) is 6.07 Å². The van der Waals surface area contributed by atoms with Crippen molar-refractivity contribution in [1.29, 1.82) is 5.26 Å². The highest BCUT2D eigenvalue weighted by atomic mass is 16.3. The summed E-state index contributed by atoms with van der Waals surface area (Å²) >= 11 is 0. The third kappa shape index (κ3) is 1.94. The van der Waals surface area contributed by atoms with Crippen molar-refractivity contribution in [2.24, 2.45) is 0 Å². The Hall–Kier alpha value is -1.56. The Labute approximate surface area is 64.2 Å². The van der Waals surface area contributed by atoms with Crippen molar-refractivity contribution in [2.45, 2.75) is 12.8 Å². The summed E-state index contributed by atoms with van der Waals surface area (Å²) < 4.78 is 4.83. The molecule has 1 aromatic rings. The number of Topliss-reactive ketones (excluding diaryl/α,β-unsaturated/α-hetero) is 1. The fourth-order valence-electron chi connectivity index (χ4n) is 0.730. The van der Waals surface area contributed by atoms with Crippen molar-refractivity contribution < 1.29 is 9.21 Å². The normalized spacial score (nSPS) is 9.00. The van der Waals surface area contributed by atoms with Gasteiger partial charge in [-0.1, -0.05) is 0 Å². The molecule has 1 rings (SSSR count). The minimum Gasteiger partial charge on any atom is -0.461 e. The summed E-state index contributed by atoms with van der Waals surface area (Å²) in [6.45, 7) is 0. The number of nitriles is 1. The van der Waals surface area contributed by atoms with Crippen LogP contribution < -0.4 is 0 Å². The van der Waals surface area contributed by atoms with Crippen LogP contribution in [0.2, 0.25) is 0 Å². The van der Waals surface area contributed by atoms with E-state index in [-0.39, 0.29) is 18.6 Å². The molecule has 3 heteroatoms. The zero-order valence-corrected chi connectivity index (χ0v) is 5.91. The Morgan fingerprint density at radius 2 is 2.55 bits per heavy atom. The third-order valence-electron chi connectivity index (χ3n) is 1.26. The standard InChI is InChI=1S/C8H7NO2/c9-5-1-3-7(10)8-4-2-6-11-8/h2,4,6H,1,3H2. The van der Waals surface area contributed by atoms with Gasteiger partial charge in [-0.05, 0) is 12.1 Å². The zero-order chi connectivity index (χ0) is 8.10. The van der Waals surface area contributed by atoms with Crippen LogP contribution in [0.25, 0.3) is 0 Å². The molecule has 0 N–H and O–H groups in total. The molecular weight excluding hydrogens is 142 g/mol. The van der Waals surface area contributed by atoms with E-state index in [9.17, 15) is 4.79 Å². The maximum atomic E-state index is 11.0. The molecule has 0 saturated carbocycles. The number of ketones is 1. The van der Waals surface area contributed by atoms with E-state index in [0.717, 1.165) is 0 Å². The second kappa shape index (κ2) is 3.57. The second-order valence-corrected chi connectivity index (χ2v) is 2.06. The van der Waals surface area contributed by atoms with Gasteiger partial charge >= 0.3 is 0 Å². The predicted molar refractivity (Wildman–Crippen MR) is 37.9 cm³/mol. The first kappa shape index (κ1) is 7.55. The minimum absolute atomic E-state index is 0.114. The highest BCUT2D eigenvalue weighted by Crippen LogP contribution is 2.04. The van der Waals surface area contributed by atoms with Gasteiger partial charge in [-0.25, -0.2) is 0 Å². The maximum Gasteiger partial charge on any atom is 0.199 e. The summed E-state index contributed by atoms with van der Waals surface area (Å²) in [4.78, 5) is 11.0. The molecule has 0 aliphatic carbocycles. The first-order valence-corrected chi connectivity index (χ1v) is 3.28. The SMILES string of the molecule is N#CCCC(=O)c1ccco1. The fourth-order valence-corrected chi connectivity index (χ4v) is 0.730. The Morgan fingerprint density at radius 1 is 1.73 bits per heavy atom. The minimum atomic E-state index is -0.114. The van der Waals surface area contributed by atoms with Crippen LogP contribution in [0.1, 0.15) is 23.4 Å². The van der Waals surface area contributed by atoms with Gasteiger partial charge in [0, 0.05) is 12.8 Å². The molecule has 0 aliphatic heterocycles. The van der Waals surface area contributed by atoms with Gasteiger partial charge in [0.25, 0.3) is 0 Å². The van der Waals surface area contributed by atoms with E-state index in [2.05, 4.69) is 0 Å². The summed E-state index contributed by atoms with van der Waals surface area (Å²) in [5.41, 5.74) is 0. The van der Waals surface area contributed by atoms with Crippen LogP contribution >= 0.6 is 0 Å². The van der Waals surface area contributed by atoms with E-state index in [1.165, 1.54) is 6.26 Å². The molecule has 0 aromatic carbocycles. The number of carbonyl (C=O) groups excluding carboxylic acids is 1. The van der Waals surface area contributed by atoms with E-state index in [0.29, 0.717) is 5.76 Å². The molecule has 0 aliphatic rings. The Kier molecular flexibility index (Phi) is 2.45. The van der Waals surface area contributed by atoms with Crippen LogP contribution in [0.5, 0.6) is 0 Å². The van der Waals surface area contributed by atoms with Gasteiger partial charge in [0.15, 0.2) is 11.5 Å². The molecule has 0 atom stereocenters. The molecular formula is C8H7NO2. The fraction of sp³-hybridized carbons (Fsp3) is 0.250. The number of furan rings is 1. The monoisotopic (exact) mass is 149 g/mol. The molecule has 0 bridgehead atoms. The number of carbonyl (C=O) groups is 1. The molecule has 0 radical (unpaired) electrons. The van der Waals surface area contributed by atoms with Crippen LogP contribution in [-0.2, 0) is 0 Å².